The number of phosphoric acid groups is 1. The van der Waals surface area contributed by atoms with Gasteiger partial charge < -0.3 is 27.9 Å². The summed E-state index contributed by atoms with van der Waals surface area (Å²) in [4.78, 5) is 37.7. The second-order valence-electron chi connectivity index (χ2n) is 19.3. The van der Waals surface area contributed by atoms with Crippen LogP contribution in [0.3, 0.4) is 0 Å². The van der Waals surface area contributed by atoms with Crippen LogP contribution in [0.25, 0.3) is 0 Å². The number of quaternary nitrogens is 1. The first-order valence-electron chi connectivity index (χ1n) is 26.2. The normalized spacial score (nSPS) is 13.3. The van der Waals surface area contributed by atoms with Crippen molar-refractivity contribution in [2.45, 2.75) is 270 Å². The zero-order valence-corrected chi connectivity index (χ0v) is 42.0. The lowest BCUT2D eigenvalue weighted by atomic mass is 10.0. The third-order valence-corrected chi connectivity index (χ3v) is 12.8. The summed E-state index contributed by atoms with van der Waals surface area (Å²) >= 11 is 0. The van der Waals surface area contributed by atoms with Crippen LogP contribution < -0.4 is 4.89 Å². The number of carbonyl (C=O) groups excluding carboxylic acids is 2. The molecule has 0 rings (SSSR count). The fraction of sp³-hybridized carbons (Fsp3) is 0.961. The lowest BCUT2D eigenvalue weighted by molar-refractivity contribution is -0.870. The lowest BCUT2D eigenvalue weighted by Crippen LogP contribution is -2.37. The van der Waals surface area contributed by atoms with Gasteiger partial charge in [-0.25, -0.2) is 0 Å². The Balaban J connectivity index is 4.18. The summed E-state index contributed by atoms with van der Waals surface area (Å²) in [6.45, 7) is 4.30. The van der Waals surface area contributed by atoms with Crippen LogP contribution in [-0.2, 0) is 32.7 Å². The van der Waals surface area contributed by atoms with E-state index in [1.54, 1.807) is 0 Å². The molecule has 2 unspecified atom stereocenters. The molecule has 0 bridgehead atoms. The van der Waals surface area contributed by atoms with Gasteiger partial charge in [-0.2, -0.15) is 0 Å². The van der Waals surface area contributed by atoms with Gasteiger partial charge in [-0.05, 0) is 12.8 Å². The third-order valence-electron chi connectivity index (χ3n) is 11.9. The molecule has 0 saturated carbocycles. The molecule has 364 valence electrons. The van der Waals surface area contributed by atoms with Gasteiger partial charge in [0.25, 0.3) is 7.82 Å². The molecule has 9 nitrogen and oxygen atoms in total. The quantitative estimate of drug-likeness (QED) is 0.0257. The van der Waals surface area contributed by atoms with Crippen LogP contribution in [-0.4, -0.2) is 70.0 Å². The van der Waals surface area contributed by atoms with E-state index in [1.807, 2.05) is 21.1 Å². The zero-order valence-electron chi connectivity index (χ0n) is 41.1. The molecule has 0 aromatic heterocycles. The van der Waals surface area contributed by atoms with Crippen LogP contribution in [0.15, 0.2) is 0 Å². The van der Waals surface area contributed by atoms with Crippen molar-refractivity contribution in [3.63, 3.8) is 0 Å². The van der Waals surface area contributed by atoms with Gasteiger partial charge in [0, 0.05) is 12.8 Å². The van der Waals surface area contributed by atoms with Crippen molar-refractivity contribution in [2.75, 3.05) is 47.5 Å². The number of esters is 2. The fourth-order valence-corrected chi connectivity index (χ4v) is 8.50. The van der Waals surface area contributed by atoms with Crippen LogP contribution in [0.5, 0.6) is 0 Å². The van der Waals surface area contributed by atoms with Crippen LogP contribution in [0.1, 0.15) is 264 Å². The number of rotatable bonds is 49. The Morgan fingerprint density at radius 3 is 1.05 bits per heavy atom. The Bertz CT molecular complexity index is 1010. The van der Waals surface area contributed by atoms with Crippen LogP contribution >= 0.6 is 7.82 Å². The maximum atomic E-state index is 12.7. The van der Waals surface area contributed by atoms with Crippen molar-refractivity contribution in [1.29, 1.82) is 0 Å². The summed E-state index contributed by atoms with van der Waals surface area (Å²) in [7, 11) is 1.19. The Hall–Kier alpha value is -0.990. The molecule has 0 aliphatic heterocycles. The smallest absolute Gasteiger partial charge is 0.306 e. The second-order valence-corrected chi connectivity index (χ2v) is 20.7. The van der Waals surface area contributed by atoms with Crippen molar-refractivity contribution in [3.05, 3.63) is 0 Å². The molecule has 2 atom stereocenters. The van der Waals surface area contributed by atoms with Crippen molar-refractivity contribution in [2.24, 2.45) is 0 Å². The molecule has 61 heavy (non-hydrogen) atoms. The highest BCUT2D eigenvalue weighted by Gasteiger charge is 2.21. The Labute approximate surface area is 378 Å². The van der Waals surface area contributed by atoms with Gasteiger partial charge in [-0.15, -0.1) is 0 Å². The fourth-order valence-electron chi connectivity index (χ4n) is 7.78. The Kier molecular flexibility index (Phi) is 43.5. The number of ether oxygens (including phenoxy) is 2. The largest absolute Gasteiger partial charge is 0.756 e. The van der Waals surface area contributed by atoms with Crippen molar-refractivity contribution in [3.8, 4) is 0 Å². The third kappa shape index (κ3) is 48.3. The van der Waals surface area contributed by atoms with Gasteiger partial charge >= 0.3 is 11.9 Å². The van der Waals surface area contributed by atoms with Gasteiger partial charge in [-0.1, -0.05) is 239 Å². The predicted molar refractivity (Wildman–Crippen MR) is 255 cm³/mol. The van der Waals surface area contributed by atoms with Crippen LogP contribution in [0.4, 0.5) is 0 Å². The van der Waals surface area contributed by atoms with E-state index < -0.39 is 26.5 Å². The summed E-state index contributed by atoms with van der Waals surface area (Å²) in [6, 6.07) is 0. The minimum absolute atomic E-state index is 0.0253. The highest BCUT2D eigenvalue weighted by atomic mass is 31.2. The maximum absolute atomic E-state index is 12.7. The molecule has 0 aromatic carbocycles. The number of likely N-dealkylation sites (N-methyl/N-ethyl adjacent to an activating group) is 1. The Morgan fingerprint density at radius 1 is 0.443 bits per heavy atom. The average Bonchev–Trinajstić information content (AvgIpc) is 3.21. The molecular weight excluding hydrogens is 786 g/mol. The first-order chi connectivity index (χ1) is 29.5. The summed E-state index contributed by atoms with van der Waals surface area (Å²) < 4.78 is 34.1. The number of unbranched alkanes of at least 4 members (excludes halogenated alkanes) is 35. The van der Waals surface area contributed by atoms with Gasteiger partial charge in [-0.3, -0.25) is 14.2 Å². The highest BCUT2D eigenvalue weighted by molar-refractivity contribution is 7.45. The van der Waals surface area contributed by atoms with E-state index in [0.717, 1.165) is 32.1 Å². The molecule has 0 heterocycles. The van der Waals surface area contributed by atoms with Crippen LogP contribution in [0, 0.1) is 0 Å². The first kappa shape index (κ1) is 60.0. The number of hydrogen-bond donors (Lipinski definition) is 0. The van der Waals surface area contributed by atoms with Crippen molar-refractivity contribution in [1.82, 2.24) is 0 Å². The summed E-state index contributed by atoms with van der Waals surface area (Å²) in [6.07, 6.45) is 47.0. The zero-order chi connectivity index (χ0) is 45.0. The summed E-state index contributed by atoms with van der Waals surface area (Å²) in [5.74, 6) is -0.813. The van der Waals surface area contributed by atoms with Gasteiger partial charge in [0.2, 0.25) is 0 Å². The minimum Gasteiger partial charge on any atom is -0.756 e. The summed E-state index contributed by atoms with van der Waals surface area (Å²) in [5.41, 5.74) is 0. The first-order valence-corrected chi connectivity index (χ1v) is 27.7. The molecule has 0 amide bonds. The summed E-state index contributed by atoms with van der Waals surface area (Å²) in [5, 5.41) is 0. The number of carbonyl (C=O) groups is 2. The molecule has 10 heteroatoms. The van der Waals surface area contributed by atoms with E-state index in [0.29, 0.717) is 17.4 Å². The molecule has 0 radical (unpaired) electrons. The molecule has 0 saturated heterocycles. The van der Waals surface area contributed by atoms with E-state index in [-0.39, 0.29) is 32.0 Å². The number of phosphoric ester groups is 1. The monoisotopic (exact) mass is 888 g/mol. The highest BCUT2D eigenvalue weighted by Crippen LogP contribution is 2.38. The lowest BCUT2D eigenvalue weighted by Gasteiger charge is -2.28. The standard InChI is InChI=1S/C51H102NO8P/c1-6-8-10-12-14-16-18-20-22-24-25-26-27-28-30-32-34-36-38-40-42-44-51(54)60-49(48-59-61(55,56)58-46-45-52(3,4)5)47-57-50(53)43-41-39-37-35-33-31-29-23-21-19-17-15-13-11-9-7-2/h49H,6-48H2,1-5H3. The van der Waals surface area contributed by atoms with E-state index in [9.17, 15) is 19.0 Å². The number of nitrogens with zero attached hydrogens (tertiary/aromatic N) is 1. The predicted octanol–water partition coefficient (Wildman–Crippen LogP) is 14.9. The molecule has 0 fully saturated rings. The van der Waals surface area contributed by atoms with E-state index >= 15 is 0 Å². The molecule has 0 aliphatic rings. The maximum Gasteiger partial charge on any atom is 0.306 e. The minimum atomic E-state index is -4.62. The second kappa shape index (κ2) is 44.2. The molecule has 0 N–H and O–H groups in total. The van der Waals surface area contributed by atoms with E-state index in [2.05, 4.69) is 13.8 Å². The van der Waals surface area contributed by atoms with Gasteiger partial charge in [0.1, 0.15) is 19.8 Å². The molecule has 0 aliphatic carbocycles. The average molecular weight is 888 g/mol. The number of hydrogen-bond acceptors (Lipinski definition) is 8. The molecule has 0 spiro atoms. The molecular formula is C51H102NO8P. The van der Waals surface area contributed by atoms with Gasteiger partial charge in [0.05, 0.1) is 27.7 Å². The van der Waals surface area contributed by atoms with E-state index in [4.69, 9.17) is 18.5 Å². The topological polar surface area (TPSA) is 111 Å². The van der Waals surface area contributed by atoms with Crippen molar-refractivity contribution >= 4 is 19.8 Å². The van der Waals surface area contributed by atoms with Gasteiger partial charge in [0.15, 0.2) is 6.10 Å². The molecule has 0 aromatic rings. The van der Waals surface area contributed by atoms with Crippen molar-refractivity contribution < 1.29 is 42.1 Å². The Morgan fingerprint density at radius 2 is 0.738 bits per heavy atom. The SMILES string of the molecule is CCCCCCCCCCCCCCCCCCCCCCCC(=O)OC(COC(=O)CCCCCCCCCCCCCCCCCC)COP(=O)([O-])OCC[N+](C)(C)C. The van der Waals surface area contributed by atoms with Crippen LogP contribution in [0.2, 0.25) is 0 Å². The van der Waals surface area contributed by atoms with E-state index in [1.165, 1.54) is 199 Å².